The Morgan fingerprint density at radius 3 is 0.444 bits per heavy atom. The van der Waals surface area contributed by atoms with Crippen LogP contribution in [0.3, 0.4) is 0 Å². The second-order valence-electron chi connectivity index (χ2n) is 25.5. The number of hydrogen-bond donors (Lipinski definition) is 0. The van der Waals surface area contributed by atoms with Crippen molar-refractivity contribution in [3.05, 3.63) is 12.7 Å². The quantitative estimate of drug-likeness (QED) is 0.0465. The monoisotopic (exact) mass is 1160 g/mol. The van der Waals surface area contributed by atoms with Gasteiger partial charge >= 0.3 is 0 Å². The van der Waals surface area contributed by atoms with Gasteiger partial charge in [0.15, 0.2) is 0 Å². The molecule has 0 heterocycles. The van der Waals surface area contributed by atoms with Crippen molar-refractivity contribution >= 4 is 0 Å². The summed E-state index contributed by atoms with van der Waals surface area (Å²) < 4.78 is 0. The zero-order valence-electron chi connectivity index (χ0n) is 66.2. The van der Waals surface area contributed by atoms with Gasteiger partial charge in [0.25, 0.3) is 0 Å². The maximum atomic E-state index is 3.55. The minimum atomic E-state index is 0.833. The maximum Gasteiger partial charge on any atom is -0.0356 e. The molecule has 0 rings (SSSR count). The predicted molar refractivity (Wildman–Crippen MR) is 403 cm³/mol. The molecule has 0 saturated carbocycles. The zero-order chi connectivity index (χ0) is 66.6. The van der Waals surface area contributed by atoms with Crippen molar-refractivity contribution in [2.75, 3.05) is 0 Å². The Kier molecular flexibility index (Phi) is 197. The van der Waals surface area contributed by atoms with Crippen molar-refractivity contribution in [1.82, 2.24) is 0 Å². The van der Waals surface area contributed by atoms with Gasteiger partial charge in [0.05, 0.1) is 0 Å². The van der Waals surface area contributed by atoms with Crippen LogP contribution < -0.4 is 0 Å². The molecule has 0 radical (unpaired) electrons. The van der Waals surface area contributed by atoms with Gasteiger partial charge in [0, 0.05) is 0 Å². The van der Waals surface area contributed by atoms with E-state index in [0.29, 0.717) is 0 Å². The highest BCUT2D eigenvalue weighted by Gasteiger charge is 1.90. The molecule has 0 unspecified atom stereocenters. The first-order chi connectivity index (χ1) is 38.3. The summed E-state index contributed by atoms with van der Waals surface area (Å²) in [5, 5.41) is 0. The molecule has 0 N–H and O–H groups in total. The molecular formula is C81H188. The third kappa shape index (κ3) is 305. The first-order valence-corrected chi connectivity index (χ1v) is 37.9. The summed E-state index contributed by atoms with van der Waals surface area (Å²) in [6.45, 7) is 79.1. The summed E-state index contributed by atoms with van der Waals surface area (Å²) in [5.41, 5.74) is 0. The number of rotatable bonds is 32. The lowest BCUT2D eigenvalue weighted by Crippen LogP contribution is -1.85. The van der Waals surface area contributed by atoms with E-state index in [2.05, 4.69) is 242 Å². The SMILES string of the molecule is C=CCCC.CC(C)C.CCC(C)C.CCC(C)C.CCC(C)C.CCC(C)CC.CCC(C)CC.CCCC.CCCC(C)C.CCCCC.CCCCCC.CCCCCCC.CCCCCCCC.CCCCCCCCC. The van der Waals surface area contributed by atoms with E-state index in [0.717, 1.165) is 47.8 Å². The molecule has 0 aromatic carbocycles. The molecule has 0 spiro atoms. The Morgan fingerprint density at radius 2 is 0.383 bits per heavy atom. The minimum Gasteiger partial charge on any atom is -0.103 e. The van der Waals surface area contributed by atoms with Crippen LogP contribution >= 0.6 is 0 Å². The second kappa shape index (κ2) is 139. The number of allylic oxidation sites excluding steroid dienone is 1. The second-order valence-corrected chi connectivity index (χ2v) is 25.5. The number of hydrogen-bond acceptors (Lipinski definition) is 0. The van der Waals surface area contributed by atoms with Crippen LogP contribution in [0.2, 0.25) is 0 Å². The third-order valence-electron chi connectivity index (χ3n) is 13.1. The van der Waals surface area contributed by atoms with Gasteiger partial charge < -0.3 is 0 Å². The Bertz CT molecular complexity index is 663. The van der Waals surface area contributed by atoms with E-state index in [4.69, 9.17) is 0 Å². The molecule has 0 amide bonds. The van der Waals surface area contributed by atoms with E-state index in [1.165, 1.54) is 238 Å². The standard InChI is InChI=1S/C9H20.C8H18.C7H16.4C6H14.4C5H12.C5H10.2C4H10/c1-3-5-7-9-8-6-4-2;1-3-5-7-8-6-4-2;1-3-5-7-6-4-2;1-4-5-6(2)3;2*1-4-6(3)5-2;1-3-5-6-4-2;3*1-4-5(2)3;2*1-3-5-4-2;1-4(2)3;1-3-4-2/h3-9H2,1-2H3;3-8H2,1-2H3;3-7H2,1-2H3;3*6H,4-5H2,1-3H3;3-6H2,1-2H3;3*5H,4H2,1-3H3;3-5H2,1-2H3;3H,1,4-5H2,2H3;4H,1-3H3;3-4H2,1-2H3. The van der Waals surface area contributed by atoms with Crippen molar-refractivity contribution < 1.29 is 0 Å². The lowest BCUT2D eigenvalue weighted by molar-refractivity contribution is 0.544. The molecule has 0 aliphatic heterocycles. The fraction of sp³-hybridized carbons (Fsp3) is 0.975. The average molecular weight is 1160 g/mol. The van der Waals surface area contributed by atoms with Crippen molar-refractivity contribution in [2.24, 2.45) is 41.4 Å². The van der Waals surface area contributed by atoms with Gasteiger partial charge in [-0.05, 0) is 47.8 Å². The summed E-state index contributed by atoms with van der Waals surface area (Å²) in [6, 6.07) is 0. The molecule has 0 aromatic heterocycles. The van der Waals surface area contributed by atoms with Crippen LogP contribution in [0.25, 0.3) is 0 Å². The summed E-state index contributed by atoms with van der Waals surface area (Å²) in [5.74, 6) is 6.25. The lowest BCUT2D eigenvalue weighted by Gasteiger charge is -1.98. The highest BCUT2D eigenvalue weighted by molar-refractivity contribution is 4.63. The molecule has 0 bridgehead atoms. The highest BCUT2D eigenvalue weighted by Crippen LogP contribution is 2.07. The summed E-state index contributed by atoms with van der Waals surface area (Å²) in [4.78, 5) is 0. The highest BCUT2D eigenvalue weighted by atomic mass is 14.0. The summed E-state index contributed by atoms with van der Waals surface area (Å²) in [7, 11) is 0. The van der Waals surface area contributed by atoms with Crippen LogP contribution in [0.1, 0.15) is 479 Å². The molecule has 0 fully saturated rings. The van der Waals surface area contributed by atoms with Crippen molar-refractivity contribution in [2.45, 2.75) is 479 Å². The van der Waals surface area contributed by atoms with Crippen LogP contribution in [0.4, 0.5) is 0 Å². The Balaban J connectivity index is -0.0000000500. The molecule has 512 valence electrons. The fourth-order valence-corrected chi connectivity index (χ4v) is 4.77. The molecule has 0 heteroatoms. The molecule has 81 heavy (non-hydrogen) atoms. The van der Waals surface area contributed by atoms with Crippen molar-refractivity contribution in [3.63, 3.8) is 0 Å². The summed E-state index contributed by atoms with van der Waals surface area (Å²) in [6.07, 6.45) is 54.0. The molecule has 0 nitrogen and oxygen atoms in total. The summed E-state index contributed by atoms with van der Waals surface area (Å²) >= 11 is 0. The molecular weight excluding hydrogens is 973 g/mol. The van der Waals surface area contributed by atoms with E-state index in [1.807, 2.05) is 6.08 Å². The van der Waals surface area contributed by atoms with Gasteiger partial charge in [0.1, 0.15) is 0 Å². The van der Waals surface area contributed by atoms with Crippen LogP contribution in [-0.2, 0) is 0 Å². The molecule has 0 aliphatic rings. The van der Waals surface area contributed by atoms with Crippen molar-refractivity contribution in [3.8, 4) is 0 Å². The van der Waals surface area contributed by atoms with Crippen LogP contribution in [0.15, 0.2) is 12.7 Å². The molecule has 0 atom stereocenters. The topological polar surface area (TPSA) is 0 Å². The first kappa shape index (κ1) is 115. The first-order valence-electron chi connectivity index (χ1n) is 37.9. The fourth-order valence-electron chi connectivity index (χ4n) is 4.77. The Hall–Kier alpha value is -0.260. The Morgan fingerprint density at radius 1 is 0.210 bits per heavy atom. The Labute approximate surface area is 530 Å². The van der Waals surface area contributed by atoms with Gasteiger partial charge in [-0.15, -0.1) is 6.58 Å². The number of unbranched alkanes of at least 4 members (excludes halogenated alkanes) is 22. The van der Waals surface area contributed by atoms with Crippen LogP contribution in [0, 0.1) is 41.4 Å². The van der Waals surface area contributed by atoms with Gasteiger partial charge in [-0.1, -0.05) is 479 Å². The van der Waals surface area contributed by atoms with Crippen LogP contribution in [-0.4, -0.2) is 0 Å². The van der Waals surface area contributed by atoms with Gasteiger partial charge in [-0.3, -0.25) is 0 Å². The zero-order valence-corrected chi connectivity index (χ0v) is 66.2. The van der Waals surface area contributed by atoms with E-state index < -0.39 is 0 Å². The average Bonchev–Trinajstić information content (AvgIpc) is 3.45. The van der Waals surface area contributed by atoms with E-state index in [-0.39, 0.29) is 0 Å². The van der Waals surface area contributed by atoms with E-state index in [9.17, 15) is 0 Å². The van der Waals surface area contributed by atoms with Crippen molar-refractivity contribution in [1.29, 1.82) is 0 Å². The van der Waals surface area contributed by atoms with E-state index in [1.54, 1.807) is 0 Å². The van der Waals surface area contributed by atoms with Crippen LogP contribution in [0.5, 0.6) is 0 Å². The predicted octanol–water partition coefficient (Wildman–Crippen LogP) is 33.8. The minimum absolute atomic E-state index is 0.833. The third-order valence-corrected chi connectivity index (χ3v) is 13.1. The molecule has 0 aliphatic carbocycles. The largest absolute Gasteiger partial charge is 0.103 e. The van der Waals surface area contributed by atoms with Gasteiger partial charge in [-0.2, -0.15) is 0 Å². The van der Waals surface area contributed by atoms with Gasteiger partial charge in [0.2, 0.25) is 0 Å². The smallest absolute Gasteiger partial charge is 0.0356 e. The van der Waals surface area contributed by atoms with E-state index >= 15 is 0 Å². The molecule has 0 saturated heterocycles. The normalized spacial score (nSPS) is 9.35. The maximum absolute atomic E-state index is 3.55. The molecule has 0 aromatic rings. The van der Waals surface area contributed by atoms with Gasteiger partial charge in [-0.25, -0.2) is 0 Å². The lowest BCUT2D eigenvalue weighted by atomic mass is 10.1.